The van der Waals surface area contributed by atoms with Gasteiger partial charge in [0.15, 0.2) is 0 Å². The molecule has 2 rings (SSSR count). The number of aliphatic imine (C=N–C) groups is 1. The van der Waals surface area contributed by atoms with Crippen LogP contribution in [0.3, 0.4) is 0 Å². The predicted molar refractivity (Wildman–Crippen MR) is 74.1 cm³/mol. The number of nitrogens with zero attached hydrogens (tertiary/aromatic N) is 3. The minimum Gasteiger partial charge on any atom is -0.447 e. The molecule has 2 aliphatic heterocycles. The monoisotopic (exact) mass is 285 g/mol. The summed E-state index contributed by atoms with van der Waals surface area (Å²) in [6.45, 7) is 9.14. The normalized spacial score (nSPS) is 21.9. The Labute approximate surface area is 119 Å². The maximum atomic E-state index is 11.6. The summed E-state index contributed by atoms with van der Waals surface area (Å²) in [5, 5.41) is 0. The van der Waals surface area contributed by atoms with Gasteiger partial charge in [-0.15, -0.1) is 0 Å². The molecule has 7 heteroatoms. The molecular weight excluding hydrogens is 262 g/mol. The number of rotatable bonds is 3. The zero-order valence-corrected chi connectivity index (χ0v) is 12.0. The second-order valence-corrected chi connectivity index (χ2v) is 4.83. The Bertz CT molecular complexity index is 337. The summed E-state index contributed by atoms with van der Waals surface area (Å²) in [6.07, 6.45) is -0.512. The molecular formula is C13H23N3O4. The van der Waals surface area contributed by atoms with Gasteiger partial charge in [0.2, 0.25) is 0 Å². The second-order valence-electron chi connectivity index (χ2n) is 4.83. The van der Waals surface area contributed by atoms with Crippen LogP contribution in [0, 0.1) is 0 Å². The van der Waals surface area contributed by atoms with Gasteiger partial charge >= 0.3 is 6.09 Å². The lowest BCUT2D eigenvalue weighted by molar-refractivity contribution is 0.0287. The molecule has 0 radical (unpaired) electrons. The molecule has 0 saturated carbocycles. The van der Waals surface area contributed by atoms with Gasteiger partial charge in [0.1, 0.15) is 12.4 Å². The Balaban J connectivity index is 1.65. The topological polar surface area (TPSA) is 63.6 Å². The zero-order chi connectivity index (χ0) is 14.2. The highest BCUT2D eigenvalue weighted by atomic mass is 16.5. The Morgan fingerprint density at radius 2 is 1.70 bits per heavy atom. The van der Waals surface area contributed by atoms with E-state index in [2.05, 4.69) is 9.89 Å². The quantitative estimate of drug-likeness (QED) is 0.545. The van der Waals surface area contributed by atoms with Crippen LogP contribution in [0.25, 0.3) is 0 Å². The van der Waals surface area contributed by atoms with E-state index in [0.717, 1.165) is 45.9 Å². The first-order valence-corrected chi connectivity index (χ1v) is 7.10. The van der Waals surface area contributed by atoms with Gasteiger partial charge in [-0.05, 0) is 6.92 Å². The molecule has 0 aromatic heterocycles. The third-order valence-corrected chi connectivity index (χ3v) is 3.46. The van der Waals surface area contributed by atoms with Crippen LogP contribution in [-0.2, 0) is 14.2 Å². The summed E-state index contributed by atoms with van der Waals surface area (Å²) < 4.78 is 15.7. The van der Waals surface area contributed by atoms with Crippen molar-refractivity contribution in [2.45, 2.75) is 6.92 Å². The summed E-state index contributed by atoms with van der Waals surface area (Å²) in [6, 6.07) is 0. The predicted octanol–water partition coefficient (Wildman–Crippen LogP) is 0.206. The molecule has 0 spiro atoms. The fourth-order valence-corrected chi connectivity index (χ4v) is 2.21. The molecule has 0 aromatic carbocycles. The van der Waals surface area contributed by atoms with Gasteiger partial charge in [0, 0.05) is 32.7 Å². The molecule has 2 heterocycles. The first kappa shape index (κ1) is 15.2. The van der Waals surface area contributed by atoms with Gasteiger partial charge in [-0.3, -0.25) is 4.90 Å². The molecule has 0 aromatic rings. The van der Waals surface area contributed by atoms with Crippen LogP contribution < -0.4 is 0 Å². The highest BCUT2D eigenvalue weighted by Gasteiger charge is 2.14. The third-order valence-electron chi connectivity index (χ3n) is 3.46. The van der Waals surface area contributed by atoms with E-state index in [4.69, 9.17) is 14.2 Å². The summed E-state index contributed by atoms with van der Waals surface area (Å²) in [7, 11) is 0. The van der Waals surface area contributed by atoms with Crippen LogP contribution in [-0.4, -0.2) is 87.5 Å². The van der Waals surface area contributed by atoms with E-state index >= 15 is 0 Å². The number of carbonyl (C=O) groups excluding carboxylic acids is 1. The van der Waals surface area contributed by atoms with E-state index in [9.17, 15) is 4.79 Å². The van der Waals surface area contributed by atoms with Crippen LogP contribution >= 0.6 is 0 Å². The van der Waals surface area contributed by atoms with Gasteiger partial charge in [0.05, 0.1) is 26.4 Å². The summed E-state index contributed by atoms with van der Waals surface area (Å²) in [4.78, 5) is 19.8. The van der Waals surface area contributed by atoms with Gasteiger partial charge in [-0.25, -0.2) is 4.79 Å². The Kier molecular flexibility index (Phi) is 6.23. The lowest BCUT2D eigenvalue weighted by Crippen LogP contribution is -2.40. The molecule has 20 heavy (non-hydrogen) atoms. The Morgan fingerprint density at radius 1 is 1.10 bits per heavy atom. The van der Waals surface area contributed by atoms with Crippen molar-refractivity contribution < 1.29 is 19.0 Å². The van der Waals surface area contributed by atoms with E-state index in [1.165, 1.54) is 0 Å². The molecule has 7 nitrogen and oxygen atoms in total. The Hall–Kier alpha value is -1.18. The van der Waals surface area contributed by atoms with Crippen LogP contribution in [0.4, 0.5) is 4.79 Å². The smallest absolute Gasteiger partial charge is 0.435 e. The van der Waals surface area contributed by atoms with Crippen LogP contribution in [0.15, 0.2) is 4.99 Å². The van der Waals surface area contributed by atoms with E-state index in [0.29, 0.717) is 25.7 Å². The standard InChI is InChI=1S/C13H23N3O4/c1-12(16-5-9-19-10-6-16)14-13(17)20-11-4-15-2-7-18-8-3-15/h2-11H2,1H3. The third kappa shape index (κ3) is 5.07. The average Bonchev–Trinajstić information content (AvgIpc) is 2.49. The van der Waals surface area contributed by atoms with Gasteiger partial charge < -0.3 is 19.1 Å². The fourth-order valence-electron chi connectivity index (χ4n) is 2.21. The highest BCUT2D eigenvalue weighted by molar-refractivity contribution is 5.90. The van der Waals surface area contributed by atoms with Crippen molar-refractivity contribution >= 4 is 11.9 Å². The van der Waals surface area contributed by atoms with Crippen molar-refractivity contribution in [3.05, 3.63) is 0 Å². The van der Waals surface area contributed by atoms with Crippen molar-refractivity contribution in [1.82, 2.24) is 9.80 Å². The molecule has 114 valence electrons. The molecule has 1 amide bonds. The first-order valence-electron chi connectivity index (χ1n) is 7.10. The number of amides is 1. The van der Waals surface area contributed by atoms with E-state index in [1.807, 2.05) is 11.8 Å². The molecule has 0 bridgehead atoms. The SMILES string of the molecule is CC(=NC(=O)OCCN1CCOCC1)N1CCOCC1. The number of ether oxygens (including phenoxy) is 3. The Morgan fingerprint density at radius 3 is 2.35 bits per heavy atom. The number of hydrogen-bond donors (Lipinski definition) is 0. The number of hydrogen-bond acceptors (Lipinski definition) is 5. The summed E-state index contributed by atoms with van der Waals surface area (Å²) in [5.41, 5.74) is 0. The average molecular weight is 285 g/mol. The second kappa shape index (κ2) is 8.18. The molecule has 0 aliphatic carbocycles. The molecule has 0 atom stereocenters. The minimum absolute atomic E-state index is 0.374. The van der Waals surface area contributed by atoms with Crippen molar-refractivity contribution in [3.8, 4) is 0 Å². The van der Waals surface area contributed by atoms with E-state index < -0.39 is 6.09 Å². The molecule has 0 unspecified atom stereocenters. The number of carbonyl (C=O) groups is 1. The van der Waals surface area contributed by atoms with Crippen molar-refractivity contribution in [1.29, 1.82) is 0 Å². The summed E-state index contributed by atoms with van der Waals surface area (Å²) >= 11 is 0. The van der Waals surface area contributed by atoms with Crippen LogP contribution in [0.2, 0.25) is 0 Å². The fraction of sp³-hybridized carbons (Fsp3) is 0.846. The van der Waals surface area contributed by atoms with Crippen molar-refractivity contribution in [2.24, 2.45) is 4.99 Å². The largest absolute Gasteiger partial charge is 0.447 e. The molecule has 2 fully saturated rings. The number of morpholine rings is 2. The number of amidine groups is 1. The van der Waals surface area contributed by atoms with Gasteiger partial charge in [-0.2, -0.15) is 4.99 Å². The molecule has 2 aliphatic rings. The lowest BCUT2D eigenvalue weighted by atomic mass is 10.4. The zero-order valence-electron chi connectivity index (χ0n) is 12.0. The molecule has 2 saturated heterocycles. The highest BCUT2D eigenvalue weighted by Crippen LogP contribution is 2.00. The minimum atomic E-state index is -0.512. The van der Waals surface area contributed by atoms with E-state index in [1.54, 1.807) is 0 Å². The summed E-state index contributed by atoms with van der Waals surface area (Å²) in [5.74, 6) is 0.699. The van der Waals surface area contributed by atoms with Crippen LogP contribution in [0.5, 0.6) is 0 Å². The maximum absolute atomic E-state index is 11.6. The maximum Gasteiger partial charge on any atom is 0.435 e. The van der Waals surface area contributed by atoms with E-state index in [-0.39, 0.29) is 0 Å². The first-order chi connectivity index (χ1) is 9.75. The van der Waals surface area contributed by atoms with Crippen molar-refractivity contribution in [2.75, 3.05) is 65.8 Å². The van der Waals surface area contributed by atoms with Gasteiger partial charge in [0.25, 0.3) is 0 Å². The van der Waals surface area contributed by atoms with Crippen LogP contribution in [0.1, 0.15) is 6.92 Å². The van der Waals surface area contributed by atoms with Gasteiger partial charge in [-0.1, -0.05) is 0 Å². The van der Waals surface area contributed by atoms with Crippen molar-refractivity contribution in [3.63, 3.8) is 0 Å². The lowest BCUT2D eigenvalue weighted by Gasteiger charge is -2.28. The molecule has 0 N–H and O–H groups in total.